The fraction of sp³-hybridized carbons (Fsp3) is 0.333. The fourth-order valence-electron chi connectivity index (χ4n) is 1.11. The van der Waals surface area contributed by atoms with Crippen molar-refractivity contribution in [1.82, 2.24) is 4.98 Å². The van der Waals surface area contributed by atoms with Gasteiger partial charge in [0.05, 0.1) is 18.2 Å². The van der Waals surface area contributed by atoms with Crippen molar-refractivity contribution in [2.24, 2.45) is 0 Å². The van der Waals surface area contributed by atoms with Gasteiger partial charge >= 0.3 is 6.36 Å². The summed E-state index contributed by atoms with van der Waals surface area (Å²) in [5, 5.41) is 8.51. The van der Waals surface area contributed by atoms with E-state index in [2.05, 4.69) is 9.72 Å². The lowest BCUT2D eigenvalue weighted by Gasteiger charge is -2.11. The normalized spacial score (nSPS) is 11.1. The van der Waals surface area contributed by atoms with Crippen LogP contribution in [0.3, 0.4) is 0 Å². The van der Waals surface area contributed by atoms with E-state index in [1.165, 1.54) is 0 Å². The molecule has 0 fully saturated rings. The van der Waals surface area contributed by atoms with E-state index in [-0.39, 0.29) is 17.7 Å². The molecule has 0 amide bonds. The molecule has 0 N–H and O–H groups in total. The Morgan fingerprint density at radius 1 is 1.47 bits per heavy atom. The molecule has 0 atom stereocenters. The zero-order chi connectivity index (χ0) is 13.1. The molecule has 0 bridgehead atoms. The molecule has 1 aromatic rings. The number of pyridine rings is 1. The smallest absolute Gasteiger partial charge is 0.388 e. The van der Waals surface area contributed by atoms with Crippen molar-refractivity contribution >= 4 is 22.6 Å². The average Bonchev–Trinajstić information content (AvgIpc) is 2.19. The van der Waals surface area contributed by atoms with E-state index < -0.39 is 18.9 Å². The van der Waals surface area contributed by atoms with Crippen LogP contribution in [0.2, 0.25) is 0 Å². The van der Waals surface area contributed by atoms with Crippen LogP contribution in [0.25, 0.3) is 0 Å². The molecule has 8 heteroatoms. The first-order chi connectivity index (χ1) is 7.87. The number of halogens is 5. The van der Waals surface area contributed by atoms with E-state index in [1.807, 2.05) is 0 Å². The second-order valence-electron chi connectivity index (χ2n) is 2.88. The van der Waals surface area contributed by atoms with Crippen LogP contribution in [-0.4, -0.2) is 11.3 Å². The van der Waals surface area contributed by atoms with Crippen molar-refractivity contribution < 1.29 is 22.3 Å². The highest BCUT2D eigenvalue weighted by Gasteiger charge is 2.32. The summed E-state index contributed by atoms with van der Waals surface area (Å²) >= 11 is 1.70. The molecular weight excluding hydrogens is 355 g/mol. The lowest BCUT2D eigenvalue weighted by Crippen LogP contribution is -2.18. The first kappa shape index (κ1) is 14.0. The lowest BCUT2D eigenvalue weighted by molar-refractivity contribution is -0.276. The Labute approximate surface area is 108 Å². The molecule has 0 saturated heterocycles. The summed E-state index contributed by atoms with van der Waals surface area (Å²) in [6.45, 7) is -1.05. The van der Waals surface area contributed by atoms with Crippen molar-refractivity contribution in [3.8, 4) is 11.9 Å². The predicted octanol–water partition coefficient (Wildman–Crippen LogP) is 3.12. The largest absolute Gasteiger partial charge is 0.574 e. The highest BCUT2D eigenvalue weighted by atomic mass is 127. The van der Waals surface area contributed by atoms with Crippen molar-refractivity contribution in [3.63, 3.8) is 0 Å². The van der Waals surface area contributed by atoms with E-state index in [9.17, 15) is 17.6 Å². The number of nitriles is 1. The van der Waals surface area contributed by atoms with E-state index in [1.54, 1.807) is 28.7 Å². The van der Waals surface area contributed by atoms with Gasteiger partial charge in [-0.15, -0.1) is 13.2 Å². The van der Waals surface area contributed by atoms with Crippen LogP contribution < -0.4 is 4.74 Å². The van der Waals surface area contributed by atoms with Gasteiger partial charge in [0, 0.05) is 15.2 Å². The summed E-state index contributed by atoms with van der Waals surface area (Å²) in [5.41, 5.74) is 0.0721. The van der Waals surface area contributed by atoms with Crippen LogP contribution in [0.15, 0.2) is 6.07 Å². The maximum atomic E-state index is 12.6. The Bertz CT molecular complexity index is 456. The maximum Gasteiger partial charge on any atom is 0.574 e. The molecule has 0 spiro atoms. The molecular formula is C9H5F4IN2O. The van der Waals surface area contributed by atoms with Gasteiger partial charge in [-0.1, -0.05) is 0 Å². The average molecular weight is 360 g/mol. The minimum absolute atomic E-state index is 0.114. The molecule has 0 unspecified atom stereocenters. The topological polar surface area (TPSA) is 45.9 Å². The van der Waals surface area contributed by atoms with Crippen LogP contribution in [0, 0.1) is 14.9 Å². The molecule has 3 nitrogen and oxygen atoms in total. The van der Waals surface area contributed by atoms with Gasteiger partial charge in [-0.3, -0.25) is 0 Å². The van der Waals surface area contributed by atoms with Crippen molar-refractivity contribution in [2.45, 2.75) is 19.5 Å². The monoisotopic (exact) mass is 360 g/mol. The maximum absolute atomic E-state index is 12.6. The highest BCUT2D eigenvalue weighted by Crippen LogP contribution is 2.26. The highest BCUT2D eigenvalue weighted by molar-refractivity contribution is 14.1. The Hall–Kier alpha value is -1.11. The molecule has 17 heavy (non-hydrogen) atoms. The molecule has 92 valence electrons. The molecule has 0 saturated carbocycles. The van der Waals surface area contributed by atoms with Gasteiger partial charge in [-0.05, 0) is 22.6 Å². The molecule has 0 aliphatic carbocycles. The molecule has 0 aliphatic rings. The Balaban J connectivity index is 3.14. The van der Waals surface area contributed by atoms with E-state index in [0.29, 0.717) is 3.57 Å². The van der Waals surface area contributed by atoms with Crippen LogP contribution in [-0.2, 0) is 13.1 Å². The van der Waals surface area contributed by atoms with Gasteiger partial charge in [0.25, 0.3) is 0 Å². The summed E-state index contributed by atoms with van der Waals surface area (Å²) in [6, 6.07) is 2.81. The quantitative estimate of drug-likeness (QED) is 0.615. The molecule has 1 aromatic heterocycles. The first-order valence-corrected chi connectivity index (χ1v) is 5.32. The SMILES string of the molecule is N#CCc1c(I)cc(OC(F)(F)F)nc1CF. The van der Waals surface area contributed by atoms with Crippen LogP contribution in [0.5, 0.6) is 5.88 Å². The van der Waals surface area contributed by atoms with E-state index >= 15 is 0 Å². The summed E-state index contributed by atoms with van der Waals surface area (Å²) < 4.78 is 52.3. The van der Waals surface area contributed by atoms with Gasteiger partial charge in [0.2, 0.25) is 5.88 Å². The van der Waals surface area contributed by atoms with Crippen molar-refractivity contribution in [2.75, 3.05) is 0 Å². The minimum Gasteiger partial charge on any atom is -0.388 e. The number of hydrogen-bond acceptors (Lipinski definition) is 3. The molecule has 1 rings (SSSR count). The summed E-state index contributed by atoms with van der Waals surface area (Å²) in [7, 11) is 0. The molecule has 0 aliphatic heterocycles. The third-order valence-corrected chi connectivity index (χ3v) is 2.70. The summed E-state index contributed by atoms with van der Waals surface area (Å²) in [4.78, 5) is 3.38. The first-order valence-electron chi connectivity index (χ1n) is 4.24. The minimum atomic E-state index is -4.87. The number of ether oxygens (including phenoxy) is 1. The lowest BCUT2D eigenvalue weighted by atomic mass is 10.1. The van der Waals surface area contributed by atoms with Crippen molar-refractivity contribution in [1.29, 1.82) is 5.26 Å². The Morgan fingerprint density at radius 2 is 2.12 bits per heavy atom. The predicted molar refractivity (Wildman–Crippen MR) is 57.8 cm³/mol. The number of nitrogens with zero attached hydrogens (tertiary/aromatic N) is 2. The second kappa shape index (κ2) is 5.48. The van der Waals surface area contributed by atoms with Crippen LogP contribution in [0.4, 0.5) is 17.6 Å². The number of rotatable bonds is 3. The molecule has 0 radical (unpaired) electrons. The number of aromatic nitrogens is 1. The standard InChI is InChI=1S/C9H5F4IN2O/c10-4-7-5(1-2-15)6(14)3-8(16-7)17-9(11,12)13/h3H,1,4H2. The van der Waals surface area contributed by atoms with Gasteiger partial charge in [-0.2, -0.15) is 5.26 Å². The number of hydrogen-bond donors (Lipinski definition) is 0. The summed E-state index contributed by atoms with van der Waals surface area (Å²) in [5.74, 6) is -0.726. The van der Waals surface area contributed by atoms with E-state index in [0.717, 1.165) is 6.07 Å². The molecule has 1 heterocycles. The van der Waals surface area contributed by atoms with Crippen LogP contribution >= 0.6 is 22.6 Å². The second-order valence-corrected chi connectivity index (χ2v) is 4.05. The van der Waals surface area contributed by atoms with Gasteiger partial charge in [0.1, 0.15) is 6.67 Å². The number of alkyl halides is 4. The van der Waals surface area contributed by atoms with Gasteiger partial charge < -0.3 is 4.74 Å². The zero-order valence-corrected chi connectivity index (χ0v) is 10.3. The third-order valence-electron chi connectivity index (χ3n) is 1.73. The Kier molecular flexibility index (Phi) is 4.50. The Morgan fingerprint density at radius 3 is 2.59 bits per heavy atom. The van der Waals surface area contributed by atoms with Gasteiger partial charge in [0.15, 0.2) is 0 Å². The zero-order valence-electron chi connectivity index (χ0n) is 8.18. The van der Waals surface area contributed by atoms with Gasteiger partial charge in [-0.25, -0.2) is 9.37 Å². The van der Waals surface area contributed by atoms with Crippen LogP contribution in [0.1, 0.15) is 11.3 Å². The third kappa shape index (κ3) is 3.99. The van der Waals surface area contributed by atoms with Crippen molar-refractivity contribution in [3.05, 3.63) is 20.9 Å². The van der Waals surface area contributed by atoms with E-state index in [4.69, 9.17) is 5.26 Å². The summed E-state index contributed by atoms with van der Waals surface area (Å²) in [6.07, 6.45) is -4.99. The molecule has 0 aromatic carbocycles. The fourth-order valence-corrected chi connectivity index (χ4v) is 1.88.